The maximum absolute atomic E-state index is 11.5. The van der Waals surface area contributed by atoms with Crippen LogP contribution in [-0.4, -0.2) is 12.1 Å². The van der Waals surface area contributed by atoms with E-state index in [1.807, 2.05) is 0 Å². The molecule has 2 heteroatoms. The van der Waals surface area contributed by atoms with Crippen molar-refractivity contribution in [2.24, 2.45) is 11.8 Å². The summed E-state index contributed by atoms with van der Waals surface area (Å²) >= 11 is 0. The molecule has 0 aromatic heterocycles. The second-order valence-electron chi connectivity index (χ2n) is 5.32. The van der Waals surface area contributed by atoms with E-state index >= 15 is 0 Å². The summed E-state index contributed by atoms with van der Waals surface area (Å²) in [4.78, 5) is 11.5. The molecule has 0 radical (unpaired) electrons. The second-order valence-corrected chi connectivity index (χ2v) is 5.32. The van der Waals surface area contributed by atoms with Crippen molar-refractivity contribution in [2.45, 2.75) is 65.4 Å². The van der Waals surface area contributed by atoms with Crippen LogP contribution in [0.15, 0.2) is 0 Å². The SMILES string of the molecule is CC(C)CCC(=O)OC1CCCC(C)C1. The van der Waals surface area contributed by atoms with E-state index in [9.17, 15) is 4.79 Å². The minimum absolute atomic E-state index is 0.00259. The summed E-state index contributed by atoms with van der Waals surface area (Å²) in [7, 11) is 0. The highest BCUT2D eigenvalue weighted by Gasteiger charge is 2.21. The van der Waals surface area contributed by atoms with Crippen molar-refractivity contribution in [3.63, 3.8) is 0 Å². The molecule has 0 aromatic rings. The summed E-state index contributed by atoms with van der Waals surface area (Å²) < 4.78 is 5.47. The van der Waals surface area contributed by atoms with Crippen LogP contribution in [0, 0.1) is 11.8 Å². The number of carbonyl (C=O) groups is 1. The lowest BCUT2D eigenvalue weighted by Crippen LogP contribution is -2.24. The van der Waals surface area contributed by atoms with Crippen molar-refractivity contribution in [3.05, 3.63) is 0 Å². The lowest BCUT2D eigenvalue weighted by Gasteiger charge is -2.26. The van der Waals surface area contributed by atoms with Crippen LogP contribution in [0.3, 0.4) is 0 Å². The zero-order valence-corrected chi connectivity index (χ0v) is 10.3. The minimum atomic E-state index is 0.00259. The molecule has 0 N–H and O–H groups in total. The number of hydrogen-bond acceptors (Lipinski definition) is 2. The van der Waals surface area contributed by atoms with E-state index in [1.54, 1.807) is 0 Å². The molecule has 88 valence electrons. The van der Waals surface area contributed by atoms with Gasteiger partial charge in [-0.3, -0.25) is 4.79 Å². The van der Waals surface area contributed by atoms with Gasteiger partial charge in [0.05, 0.1) is 0 Å². The Hall–Kier alpha value is -0.530. The van der Waals surface area contributed by atoms with Crippen LogP contribution in [-0.2, 0) is 9.53 Å². The predicted octanol–water partition coefficient (Wildman–Crippen LogP) is 3.54. The second kappa shape index (κ2) is 6.14. The van der Waals surface area contributed by atoms with Gasteiger partial charge in [0.25, 0.3) is 0 Å². The Morgan fingerprint density at radius 3 is 2.73 bits per heavy atom. The molecule has 2 unspecified atom stereocenters. The van der Waals surface area contributed by atoms with Gasteiger partial charge in [0.2, 0.25) is 0 Å². The van der Waals surface area contributed by atoms with Crippen molar-refractivity contribution in [1.29, 1.82) is 0 Å². The highest BCUT2D eigenvalue weighted by atomic mass is 16.5. The Labute approximate surface area is 93.4 Å². The lowest BCUT2D eigenvalue weighted by molar-refractivity contribution is -0.151. The fraction of sp³-hybridized carbons (Fsp3) is 0.923. The van der Waals surface area contributed by atoms with Crippen LogP contribution in [0.25, 0.3) is 0 Å². The Kier molecular flexibility index (Phi) is 5.13. The number of rotatable bonds is 4. The predicted molar refractivity (Wildman–Crippen MR) is 61.6 cm³/mol. The molecule has 0 saturated heterocycles. The maximum Gasteiger partial charge on any atom is 0.306 e. The summed E-state index contributed by atoms with van der Waals surface area (Å²) in [5, 5.41) is 0. The van der Waals surface area contributed by atoms with Gasteiger partial charge in [-0.25, -0.2) is 0 Å². The third kappa shape index (κ3) is 5.19. The van der Waals surface area contributed by atoms with Crippen molar-refractivity contribution in [1.82, 2.24) is 0 Å². The Bertz CT molecular complexity index is 199. The summed E-state index contributed by atoms with van der Waals surface area (Å²) in [6, 6.07) is 0. The minimum Gasteiger partial charge on any atom is -0.462 e. The Balaban J connectivity index is 2.19. The van der Waals surface area contributed by atoms with E-state index < -0.39 is 0 Å². The third-order valence-electron chi connectivity index (χ3n) is 3.11. The van der Waals surface area contributed by atoms with Gasteiger partial charge in [0, 0.05) is 6.42 Å². The molecule has 0 amide bonds. The average Bonchev–Trinajstić information content (AvgIpc) is 2.15. The topological polar surface area (TPSA) is 26.3 Å². The van der Waals surface area contributed by atoms with Gasteiger partial charge in [-0.05, 0) is 37.5 Å². The van der Waals surface area contributed by atoms with Crippen molar-refractivity contribution in [2.75, 3.05) is 0 Å². The highest BCUT2D eigenvalue weighted by Crippen LogP contribution is 2.26. The zero-order valence-electron chi connectivity index (χ0n) is 10.3. The molecule has 1 rings (SSSR count). The zero-order chi connectivity index (χ0) is 11.3. The smallest absolute Gasteiger partial charge is 0.306 e. The molecule has 1 saturated carbocycles. The molecule has 2 atom stereocenters. The summed E-state index contributed by atoms with van der Waals surface area (Å²) in [6.45, 7) is 6.51. The molecule has 0 heterocycles. The summed E-state index contributed by atoms with van der Waals surface area (Å²) in [6.07, 6.45) is 6.37. The first-order valence-corrected chi connectivity index (χ1v) is 6.27. The van der Waals surface area contributed by atoms with Crippen LogP contribution in [0.2, 0.25) is 0 Å². The Morgan fingerprint density at radius 1 is 1.40 bits per heavy atom. The van der Waals surface area contributed by atoms with Gasteiger partial charge in [0.1, 0.15) is 6.10 Å². The molecule has 0 aromatic carbocycles. The molecule has 0 spiro atoms. The summed E-state index contributed by atoms with van der Waals surface area (Å²) in [5.74, 6) is 1.31. The Morgan fingerprint density at radius 2 is 2.13 bits per heavy atom. The molecule has 2 nitrogen and oxygen atoms in total. The first-order valence-electron chi connectivity index (χ1n) is 6.27. The van der Waals surface area contributed by atoms with E-state index in [4.69, 9.17) is 4.74 Å². The van der Waals surface area contributed by atoms with Gasteiger partial charge in [-0.2, -0.15) is 0 Å². The highest BCUT2D eigenvalue weighted by molar-refractivity contribution is 5.69. The van der Waals surface area contributed by atoms with Crippen molar-refractivity contribution < 1.29 is 9.53 Å². The van der Waals surface area contributed by atoms with Gasteiger partial charge in [-0.1, -0.05) is 27.2 Å². The van der Waals surface area contributed by atoms with E-state index in [2.05, 4.69) is 20.8 Å². The fourth-order valence-electron chi connectivity index (χ4n) is 2.14. The van der Waals surface area contributed by atoms with Crippen molar-refractivity contribution in [3.8, 4) is 0 Å². The van der Waals surface area contributed by atoms with Gasteiger partial charge >= 0.3 is 5.97 Å². The normalized spacial score (nSPS) is 26.7. The van der Waals surface area contributed by atoms with E-state index in [-0.39, 0.29) is 12.1 Å². The van der Waals surface area contributed by atoms with Crippen LogP contribution >= 0.6 is 0 Å². The molecular formula is C13H24O2. The fourth-order valence-corrected chi connectivity index (χ4v) is 2.14. The monoisotopic (exact) mass is 212 g/mol. The number of ether oxygens (including phenoxy) is 1. The van der Waals surface area contributed by atoms with Gasteiger partial charge < -0.3 is 4.74 Å². The largest absolute Gasteiger partial charge is 0.462 e. The van der Waals surface area contributed by atoms with Gasteiger partial charge in [-0.15, -0.1) is 0 Å². The van der Waals surface area contributed by atoms with Crippen LogP contribution < -0.4 is 0 Å². The first-order chi connectivity index (χ1) is 7.08. The van der Waals surface area contributed by atoms with Crippen LogP contribution in [0.1, 0.15) is 59.3 Å². The van der Waals surface area contributed by atoms with E-state index in [0.717, 1.165) is 25.2 Å². The van der Waals surface area contributed by atoms with E-state index in [1.165, 1.54) is 12.8 Å². The number of esters is 1. The summed E-state index contributed by atoms with van der Waals surface area (Å²) in [5.41, 5.74) is 0. The molecular weight excluding hydrogens is 188 g/mol. The van der Waals surface area contributed by atoms with Crippen LogP contribution in [0.5, 0.6) is 0 Å². The molecule has 15 heavy (non-hydrogen) atoms. The van der Waals surface area contributed by atoms with Crippen molar-refractivity contribution >= 4 is 5.97 Å². The quantitative estimate of drug-likeness (QED) is 0.666. The lowest BCUT2D eigenvalue weighted by atomic mass is 9.89. The first kappa shape index (κ1) is 12.5. The third-order valence-corrected chi connectivity index (χ3v) is 3.11. The number of carbonyl (C=O) groups excluding carboxylic acids is 1. The standard InChI is InChI=1S/C13H24O2/c1-10(2)7-8-13(14)15-12-6-4-5-11(3)9-12/h10-12H,4-9H2,1-3H3. The maximum atomic E-state index is 11.5. The number of hydrogen-bond donors (Lipinski definition) is 0. The van der Waals surface area contributed by atoms with Crippen LogP contribution in [0.4, 0.5) is 0 Å². The average molecular weight is 212 g/mol. The molecule has 1 aliphatic rings. The molecule has 0 bridgehead atoms. The molecule has 1 fully saturated rings. The van der Waals surface area contributed by atoms with E-state index in [0.29, 0.717) is 12.3 Å². The molecule has 0 aliphatic heterocycles. The molecule has 1 aliphatic carbocycles. The van der Waals surface area contributed by atoms with Gasteiger partial charge in [0.15, 0.2) is 0 Å².